The fourth-order valence-corrected chi connectivity index (χ4v) is 11.2. The van der Waals surface area contributed by atoms with Crippen molar-refractivity contribution in [2.45, 2.75) is 95.6 Å². The number of hydrogen-bond acceptors (Lipinski definition) is 5. The minimum atomic E-state index is -4.56. The van der Waals surface area contributed by atoms with Crippen molar-refractivity contribution < 1.29 is 33.3 Å². The third kappa shape index (κ3) is 3.88. The van der Waals surface area contributed by atoms with E-state index >= 15 is 0 Å². The Morgan fingerprint density at radius 3 is 2.49 bits per heavy atom. The largest absolute Gasteiger partial charge is 0.416 e. The van der Waals surface area contributed by atoms with Crippen LogP contribution in [-0.4, -0.2) is 63.4 Å². The molecule has 3 N–H and O–H groups in total. The summed E-state index contributed by atoms with van der Waals surface area (Å²) in [5, 5.41) is 33.4. The van der Waals surface area contributed by atoms with Gasteiger partial charge in [0.2, 0.25) is 0 Å². The molecule has 1 heterocycles. The Kier molecular flexibility index (Phi) is 6.57. The van der Waals surface area contributed by atoms with Crippen molar-refractivity contribution in [2.75, 3.05) is 19.7 Å². The number of β-amino-alcohol motifs (C(OH)–C–C–N with tert-alkyl or cyclic N) is 1. The van der Waals surface area contributed by atoms with Gasteiger partial charge < -0.3 is 15.3 Å². The van der Waals surface area contributed by atoms with E-state index in [1.807, 2.05) is 6.08 Å². The van der Waals surface area contributed by atoms with Crippen LogP contribution in [0.1, 0.15) is 87.6 Å². The van der Waals surface area contributed by atoms with Crippen LogP contribution in [0.3, 0.4) is 0 Å². The quantitative estimate of drug-likeness (QED) is 0.289. The number of aliphatic hydroxyl groups excluding tert-OH is 2. The number of likely N-dealkylation sites (tertiary alicyclic amines) is 1. The summed E-state index contributed by atoms with van der Waals surface area (Å²) < 4.78 is 41.2. The summed E-state index contributed by atoms with van der Waals surface area (Å²) in [4.78, 5) is 16.8. The number of allylic oxidation sites excluding steroid dienone is 4. The molecule has 9 atom stereocenters. The van der Waals surface area contributed by atoms with Gasteiger partial charge in [-0.25, -0.2) is 0 Å². The smallest absolute Gasteiger partial charge is 0.395 e. The van der Waals surface area contributed by atoms with Gasteiger partial charge in [0.1, 0.15) is 0 Å². The van der Waals surface area contributed by atoms with E-state index in [0.717, 1.165) is 50.8 Å². The van der Waals surface area contributed by atoms with Gasteiger partial charge in [-0.2, -0.15) is 13.2 Å². The van der Waals surface area contributed by atoms with Gasteiger partial charge >= 0.3 is 6.18 Å². The molecule has 2 bridgehead atoms. The molecular formula is C35H44F3NO4. The Hall–Kier alpha value is -2.00. The molecule has 1 saturated heterocycles. The standard InChI is InChI=1S/C35H44F3NO4/c1-30-11-8-25(41)18-32(30)14-15-34(26(19-32)29(42)22-5-3-6-23(17-22)35(36,37)38)27(30)9-12-31(2)28(34)10-13-33(31,43)21-39-16-4-7-24(39)20-40/h3,5-6,14-15,17,19,24-25,27-28,40-41,43H,4,7-13,16,18,20-21H2,1-2H3/t24-,25?,27+,28+,30+,31-,32-,33+,34+/m0/s1. The van der Waals surface area contributed by atoms with E-state index in [1.54, 1.807) is 0 Å². The van der Waals surface area contributed by atoms with Gasteiger partial charge in [-0.15, -0.1) is 0 Å². The molecule has 43 heavy (non-hydrogen) atoms. The summed E-state index contributed by atoms with van der Waals surface area (Å²) >= 11 is 0. The van der Waals surface area contributed by atoms with E-state index in [4.69, 9.17) is 0 Å². The van der Waals surface area contributed by atoms with E-state index in [0.29, 0.717) is 37.8 Å². The molecule has 6 aliphatic carbocycles. The minimum absolute atomic E-state index is 0.0352. The number of carbonyl (C=O) groups is 1. The number of aliphatic hydroxyl groups is 3. The first-order chi connectivity index (χ1) is 20.2. The molecule has 2 spiro atoms. The van der Waals surface area contributed by atoms with Crippen molar-refractivity contribution >= 4 is 5.78 Å². The first-order valence-corrected chi connectivity index (χ1v) is 16.1. The molecule has 7 aliphatic rings. The Morgan fingerprint density at radius 2 is 1.74 bits per heavy atom. The molecule has 8 heteroatoms. The molecule has 8 rings (SSSR count). The number of Topliss-reactive ketones (excluding diaryl/α,β-unsaturated/α-hetero) is 1. The second kappa shape index (κ2) is 9.51. The van der Waals surface area contributed by atoms with Crippen molar-refractivity contribution in [3.8, 4) is 0 Å². The Labute approximate surface area is 251 Å². The molecule has 1 aliphatic heterocycles. The predicted octanol–water partition coefficient (Wildman–Crippen LogP) is 5.94. The highest BCUT2D eigenvalue weighted by Gasteiger charge is 2.74. The second-order valence-electron chi connectivity index (χ2n) is 15.2. The number of carbonyl (C=O) groups excluding carboxylic acids is 1. The fraction of sp³-hybridized carbons (Fsp3) is 0.686. The zero-order chi connectivity index (χ0) is 30.6. The minimum Gasteiger partial charge on any atom is -0.395 e. The Morgan fingerprint density at radius 1 is 1.02 bits per heavy atom. The lowest BCUT2D eigenvalue weighted by molar-refractivity contribution is -0.177. The lowest BCUT2D eigenvalue weighted by Crippen LogP contribution is -2.67. The van der Waals surface area contributed by atoms with Gasteiger partial charge in [-0.3, -0.25) is 9.69 Å². The zero-order valence-electron chi connectivity index (χ0n) is 25.2. The number of halogens is 3. The van der Waals surface area contributed by atoms with Gasteiger partial charge in [0.15, 0.2) is 5.78 Å². The van der Waals surface area contributed by atoms with Crippen LogP contribution < -0.4 is 0 Å². The average molecular weight is 600 g/mol. The highest BCUT2D eigenvalue weighted by atomic mass is 19.4. The van der Waals surface area contributed by atoms with Crippen molar-refractivity contribution in [1.29, 1.82) is 0 Å². The molecular weight excluding hydrogens is 555 g/mol. The van der Waals surface area contributed by atoms with Crippen LogP contribution in [0.25, 0.3) is 0 Å². The fourth-order valence-electron chi connectivity index (χ4n) is 11.2. The molecule has 4 fully saturated rings. The van der Waals surface area contributed by atoms with E-state index in [1.165, 1.54) is 12.1 Å². The number of fused-ring (bicyclic) bond motifs is 1. The summed E-state index contributed by atoms with van der Waals surface area (Å²) in [7, 11) is 0. The van der Waals surface area contributed by atoms with Gasteiger partial charge in [0, 0.05) is 40.0 Å². The summed E-state index contributed by atoms with van der Waals surface area (Å²) in [6.45, 7) is 5.84. The molecule has 0 radical (unpaired) electrons. The maximum atomic E-state index is 14.6. The van der Waals surface area contributed by atoms with Crippen LogP contribution in [0.15, 0.2) is 48.1 Å². The molecule has 3 saturated carbocycles. The van der Waals surface area contributed by atoms with Crippen LogP contribution >= 0.6 is 0 Å². The van der Waals surface area contributed by atoms with Crippen LogP contribution in [0, 0.1) is 33.5 Å². The van der Waals surface area contributed by atoms with Crippen LogP contribution in [0.4, 0.5) is 13.2 Å². The number of benzene rings is 1. The van der Waals surface area contributed by atoms with Crippen LogP contribution in [-0.2, 0) is 6.18 Å². The number of rotatable bonds is 5. The Balaban J connectivity index is 1.36. The SMILES string of the molecule is C[C@]12CC[C@H]3[C@]4(C=C[C@@]5(C=C4C(=O)c4cccc(C(F)(F)F)c4)CC(O)CC[C@]35C)[C@@H]1CC[C@@]2(O)CN1CCC[C@H]1CO. The molecule has 1 aromatic carbocycles. The normalized spacial score (nSPS) is 45.4. The molecule has 1 unspecified atom stereocenters. The van der Waals surface area contributed by atoms with Gasteiger partial charge in [-0.1, -0.05) is 44.2 Å². The first-order valence-electron chi connectivity index (χ1n) is 16.1. The number of nitrogens with zero attached hydrogens (tertiary/aromatic N) is 1. The predicted molar refractivity (Wildman–Crippen MR) is 156 cm³/mol. The van der Waals surface area contributed by atoms with E-state index in [-0.39, 0.29) is 41.2 Å². The third-order valence-electron chi connectivity index (χ3n) is 13.6. The topological polar surface area (TPSA) is 81.0 Å². The maximum Gasteiger partial charge on any atom is 0.416 e. The summed E-state index contributed by atoms with van der Waals surface area (Å²) in [6.07, 6.45) is 8.15. The monoisotopic (exact) mass is 599 g/mol. The lowest BCUT2D eigenvalue weighted by Gasteiger charge is -2.71. The average Bonchev–Trinajstić information content (AvgIpc) is 3.52. The number of ketones is 1. The number of hydrogen-bond donors (Lipinski definition) is 3. The maximum absolute atomic E-state index is 14.6. The van der Waals surface area contributed by atoms with Gasteiger partial charge in [0.05, 0.1) is 23.9 Å². The van der Waals surface area contributed by atoms with E-state index in [2.05, 4.69) is 30.9 Å². The van der Waals surface area contributed by atoms with Crippen LogP contribution in [0.5, 0.6) is 0 Å². The highest BCUT2D eigenvalue weighted by molar-refractivity contribution is 6.10. The van der Waals surface area contributed by atoms with Crippen molar-refractivity contribution in [2.24, 2.45) is 33.5 Å². The Bertz CT molecular complexity index is 1390. The molecule has 1 aromatic rings. The summed E-state index contributed by atoms with van der Waals surface area (Å²) in [5.74, 6) is -0.371. The van der Waals surface area contributed by atoms with Crippen molar-refractivity contribution in [3.63, 3.8) is 0 Å². The van der Waals surface area contributed by atoms with E-state index < -0.39 is 39.7 Å². The second-order valence-corrected chi connectivity index (χ2v) is 15.2. The summed E-state index contributed by atoms with van der Waals surface area (Å²) in [6, 6.07) is 4.80. The van der Waals surface area contributed by atoms with Gasteiger partial charge in [-0.05, 0) is 93.7 Å². The lowest BCUT2D eigenvalue weighted by atomic mass is 9.32. The van der Waals surface area contributed by atoms with Crippen molar-refractivity contribution in [3.05, 3.63) is 59.2 Å². The molecule has 0 amide bonds. The van der Waals surface area contributed by atoms with Crippen molar-refractivity contribution in [1.82, 2.24) is 4.90 Å². The zero-order valence-corrected chi connectivity index (χ0v) is 25.2. The van der Waals surface area contributed by atoms with Gasteiger partial charge in [0.25, 0.3) is 0 Å². The number of alkyl halides is 3. The summed E-state index contributed by atoms with van der Waals surface area (Å²) in [5.41, 5.74) is -3.26. The molecule has 5 nitrogen and oxygen atoms in total. The highest BCUT2D eigenvalue weighted by Crippen LogP contribution is 2.78. The third-order valence-corrected chi connectivity index (χ3v) is 13.6. The first kappa shape index (κ1) is 29.7. The molecule has 0 aromatic heterocycles. The molecule has 234 valence electrons. The van der Waals surface area contributed by atoms with E-state index in [9.17, 15) is 33.3 Å². The van der Waals surface area contributed by atoms with Crippen LogP contribution in [0.2, 0.25) is 0 Å².